The van der Waals surface area contributed by atoms with Crippen molar-refractivity contribution in [2.75, 3.05) is 7.11 Å². The fraction of sp³-hybridized carbons (Fsp3) is 0.667. The predicted molar refractivity (Wildman–Crippen MR) is 100.0 cm³/mol. The first-order valence-corrected chi connectivity index (χ1v) is 10.0. The van der Waals surface area contributed by atoms with Crippen LogP contribution in [0, 0.1) is 28.9 Å². The molecule has 7 nitrogen and oxygen atoms in total. The Morgan fingerprint density at radius 1 is 1.29 bits per heavy atom. The van der Waals surface area contributed by atoms with E-state index < -0.39 is 17.6 Å². The molecule has 28 heavy (non-hydrogen) atoms. The number of methoxy groups -OCH3 is 1. The summed E-state index contributed by atoms with van der Waals surface area (Å²) in [5.41, 5.74) is -1.10. The summed E-state index contributed by atoms with van der Waals surface area (Å²) < 4.78 is 19.1. The zero-order valence-corrected chi connectivity index (χ0v) is 16.3. The van der Waals surface area contributed by atoms with E-state index in [0.717, 1.165) is 37.5 Å². The Hall–Kier alpha value is -2.31. The first kappa shape index (κ1) is 17.8. The van der Waals surface area contributed by atoms with Gasteiger partial charge in [0.25, 0.3) is 0 Å². The van der Waals surface area contributed by atoms with Gasteiger partial charge in [0, 0.05) is 18.1 Å². The third-order valence-corrected chi connectivity index (χ3v) is 6.71. The third-order valence-electron chi connectivity index (χ3n) is 6.71. The lowest BCUT2D eigenvalue weighted by Gasteiger charge is -2.53. The second-order valence-electron chi connectivity index (χ2n) is 8.90. The molecule has 1 aromatic heterocycles. The van der Waals surface area contributed by atoms with Crippen molar-refractivity contribution in [2.24, 2.45) is 23.7 Å². The minimum atomic E-state index is -1.44. The average Bonchev–Trinajstić information content (AvgIpc) is 2.67. The number of carbonyl (C=O) groups excluding carboxylic acids is 2. The minimum Gasteiger partial charge on any atom is -0.619 e. The number of rotatable bonds is 5. The average molecular weight is 389 g/mol. The summed E-state index contributed by atoms with van der Waals surface area (Å²) in [7, 11) is 1.24. The van der Waals surface area contributed by atoms with Crippen LogP contribution in [0.5, 0.6) is 0 Å². The highest BCUT2D eigenvalue weighted by molar-refractivity contribution is 5.85. The molecule has 0 radical (unpaired) electrons. The van der Waals surface area contributed by atoms with Gasteiger partial charge in [0.15, 0.2) is 12.4 Å². The standard InChI is InChI=1S/C21H28N2O5/c1-21(19(24)27-2,11-13-4-3-5-23(26)12-13)22-20(25)28-18-16-7-14-6-15(9-16)10-17(18)8-14/h3-5,12,14-18H,6-11H2,1-2H3,(H,22,25)/t14?,15?,16?,17?,18?,21-/m0/s1/i12D. The molecule has 4 fully saturated rings. The molecule has 7 heteroatoms. The zero-order valence-electron chi connectivity index (χ0n) is 17.3. The van der Waals surface area contributed by atoms with Gasteiger partial charge >= 0.3 is 12.1 Å². The van der Waals surface area contributed by atoms with Crippen LogP contribution in [0.4, 0.5) is 4.79 Å². The Kier molecular flexibility index (Phi) is 4.61. The van der Waals surface area contributed by atoms with Crippen LogP contribution in [-0.2, 0) is 20.7 Å². The summed E-state index contributed by atoms with van der Waals surface area (Å²) in [6, 6.07) is 3.09. The minimum absolute atomic E-state index is 0.0433. The molecule has 0 unspecified atom stereocenters. The highest BCUT2D eigenvalue weighted by atomic mass is 16.6. The Labute approximate surface area is 166 Å². The first-order chi connectivity index (χ1) is 13.8. The van der Waals surface area contributed by atoms with E-state index in [1.807, 2.05) is 0 Å². The third kappa shape index (κ3) is 3.66. The quantitative estimate of drug-likeness (QED) is 0.474. The predicted octanol–water partition coefficient (Wildman–Crippen LogP) is 2.35. The molecule has 1 amide bonds. The van der Waals surface area contributed by atoms with Gasteiger partial charge in [-0.2, -0.15) is 4.73 Å². The van der Waals surface area contributed by atoms with Crippen molar-refractivity contribution >= 4 is 12.1 Å². The molecule has 1 N–H and O–H groups in total. The van der Waals surface area contributed by atoms with E-state index in [4.69, 9.17) is 10.8 Å². The Balaban J connectivity index is 1.47. The molecule has 4 aliphatic carbocycles. The lowest BCUT2D eigenvalue weighted by atomic mass is 9.55. The van der Waals surface area contributed by atoms with Gasteiger partial charge in [-0.3, -0.25) is 0 Å². The van der Waals surface area contributed by atoms with Gasteiger partial charge in [0.2, 0.25) is 0 Å². The van der Waals surface area contributed by atoms with Crippen molar-refractivity contribution in [1.29, 1.82) is 0 Å². The molecule has 0 saturated heterocycles. The van der Waals surface area contributed by atoms with Gasteiger partial charge in [0.05, 0.1) is 7.11 Å². The summed E-state index contributed by atoms with van der Waals surface area (Å²) in [5.74, 6) is 1.71. The Bertz CT molecular complexity index is 788. The van der Waals surface area contributed by atoms with Crippen LogP contribution in [0.25, 0.3) is 0 Å². The number of amides is 1. The molecule has 152 valence electrons. The maximum Gasteiger partial charge on any atom is 0.408 e. The normalized spacial score (nSPS) is 32.9. The maximum atomic E-state index is 12.8. The molecule has 4 bridgehead atoms. The SMILES string of the molecule is [2H]c1c(C[C@](C)(NC(=O)OC2C3CC4CC(C3)CC2C4)C(=O)OC)ccc[n+]1[O-]. The fourth-order valence-electron chi connectivity index (χ4n) is 5.77. The number of hydrogen-bond acceptors (Lipinski definition) is 5. The van der Waals surface area contributed by atoms with Crippen LogP contribution in [0.3, 0.4) is 0 Å². The fourth-order valence-corrected chi connectivity index (χ4v) is 5.77. The molecule has 4 saturated carbocycles. The van der Waals surface area contributed by atoms with Crippen LogP contribution in [-0.4, -0.2) is 30.8 Å². The lowest BCUT2D eigenvalue weighted by Crippen LogP contribution is -2.57. The van der Waals surface area contributed by atoms with Crippen LogP contribution in [0.15, 0.2) is 24.5 Å². The van der Waals surface area contributed by atoms with Gasteiger partial charge < -0.3 is 20.0 Å². The van der Waals surface area contributed by atoms with E-state index in [2.05, 4.69) is 5.32 Å². The number of pyridine rings is 1. The molecular formula is C21H28N2O5. The van der Waals surface area contributed by atoms with Crippen molar-refractivity contribution in [2.45, 2.75) is 57.1 Å². The zero-order chi connectivity index (χ0) is 20.8. The number of esters is 1. The molecule has 5 rings (SSSR count). The molecule has 1 atom stereocenters. The smallest absolute Gasteiger partial charge is 0.408 e. The van der Waals surface area contributed by atoms with Crippen molar-refractivity contribution < 1.29 is 25.2 Å². The monoisotopic (exact) mass is 389 g/mol. The molecule has 0 spiro atoms. The Morgan fingerprint density at radius 3 is 2.54 bits per heavy atom. The summed E-state index contributed by atoms with van der Waals surface area (Å²) in [6.07, 6.45) is 5.96. The van der Waals surface area contributed by atoms with Crippen molar-refractivity contribution in [3.63, 3.8) is 0 Å². The van der Waals surface area contributed by atoms with E-state index in [-0.39, 0.29) is 18.7 Å². The van der Waals surface area contributed by atoms with E-state index in [9.17, 15) is 14.8 Å². The number of carbonyl (C=O) groups is 2. The maximum absolute atomic E-state index is 12.8. The van der Waals surface area contributed by atoms with E-state index >= 15 is 0 Å². The Morgan fingerprint density at radius 2 is 1.93 bits per heavy atom. The number of nitrogens with one attached hydrogen (secondary N) is 1. The molecular weight excluding hydrogens is 360 g/mol. The molecule has 0 aromatic carbocycles. The summed E-state index contributed by atoms with van der Waals surface area (Å²) >= 11 is 0. The number of ether oxygens (including phenoxy) is 2. The van der Waals surface area contributed by atoms with Gasteiger partial charge in [0.1, 0.15) is 13.0 Å². The molecule has 4 aliphatic rings. The van der Waals surface area contributed by atoms with Crippen LogP contribution >= 0.6 is 0 Å². The van der Waals surface area contributed by atoms with Crippen LogP contribution in [0.2, 0.25) is 0 Å². The van der Waals surface area contributed by atoms with Crippen LogP contribution in [0.1, 0.15) is 46.0 Å². The van der Waals surface area contributed by atoms with Crippen molar-refractivity contribution in [3.05, 3.63) is 35.3 Å². The summed E-state index contributed by atoms with van der Waals surface area (Å²) in [6.45, 7) is 1.53. The molecule has 0 aliphatic heterocycles. The topological polar surface area (TPSA) is 91.6 Å². The lowest BCUT2D eigenvalue weighted by molar-refractivity contribution is -0.605. The van der Waals surface area contributed by atoms with Crippen molar-refractivity contribution in [1.82, 2.24) is 5.32 Å². The van der Waals surface area contributed by atoms with Gasteiger partial charge in [-0.15, -0.1) is 0 Å². The van der Waals surface area contributed by atoms with E-state index in [1.54, 1.807) is 6.07 Å². The van der Waals surface area contributed by atoms with Gasteiger partial charge in [-0.25, -0.2) is 9.59 Å². The molecule has 1 heterocycles. The first-order valence-electron chi connectivity index (χ1n) is 10.5. The highest BCUT2D eigenvalue weighted by Gasteiger charge is 2.50. The van der Waals surface area contributed by atoms with E-state index in [0.29, 0.717) is 22.1 Å². The van der Waals surface area contributed by atoms with E-state index in [1.165, 1.54) is 32.7 Å². The van der Waals surface area contributed by atoms with Gasteiger partial charge in [-0.1, -0.05) is 0 Å². The largest absolute Gasteiger partial charge is 0.619 e. The van der Waals surface area contributed by atoms with Crippen LogP contribution < -0.4 is 10.0 Å². The number of nitrogens with zero attached hydrogens (tertiary/aromatic N) is 1. The number of aromatic nitrogens is 1. The van der Waals surface area contributed by atoms with Gasteiger partial charge in [-0.05, 0) is 68.8 Å². The molecule has 1 aromatic rings. The second-order valence-corrected chi connectivity index (χ2v) is 8.90. The van der Waals surface area contributed by atoms with Crippen molar-refractivity contribution in [3.8, 4) is 0 Å². The highest BCUT2D eigenvalue weighted by Crippen LogP contribution is 2.54. The number of alkyl carbamates (subject to hydrolysis) is 1. The summed E-state index contributed by atoms with van der Waals surface area (Å²) in [5, 5.41) is 14.4. The number of hydrogen-bond donors (Lipinski definition) is 1. The summed E-state index contributed by atoms with van der Waals surface area (Å²) in [4.78, 5) is 25.2. The second kappa shape index (κ2) is 7.26.